The number of amides is 1. The van der Waals surface area contributed by atoms with E-state index in [9.17, 15) is 9.90 Å². The van der Waals surface area contributed by atoms with Crippen molar-refractivity contribution < 1.29 is 14.6 Å². The number of hydrogen-bond donors (Lipinski definition) is 2. The highest BCUT2D eigenvalue weighted by molar-refractivity contribution is 5.64. The fourth-order valence-electron chi connectivity index (χ4n) is 5.97. The minimum Gasteiger partial charge on any atom is -0.446 e. The van der Waals surface area contributed by atoms with Crippen molar-refractivity contribution in [3.63, 3.8) is 0 Å². The third-order valence-electron chi connectivity index (χ3n) is 7.90. The molecule has 2 rings (SSSR count). The first-order chi connectivity index (χ1) is 11.5. The fraction of sp³-hybridized carbons (Fsp3) is 0.952. The number of aliphatic hydroxyl groups excluding tert-OH is 1. The third kappa shape index (κ3) is 3.84. The zero-order valence-corrected chi connectivity index (χ0v) is 17.0. The summed E-state index contributed by atoms with van der Waals surface area (Å²) >= 11 is 0. The summed E-state index contributed by atoms with van der Waals surface area (Å²) in [5, 5.41) is 11.0. The molecule has 0 heterocycles. The van der Waals surface area contributed by atoms with Crippen LogP contribution in [-0.4, -0.2) is 23.4 Å². The number of hydrogen-bond acceptors (Lipinski definition) is 3. The van der Waals surface area contributed by atoms with Gasteiger partial charge in [-0.1, -0.05) is 54.4 Å². The van der Waals surface area contributed by atoms with Gasteiger partial charge in [-0.05, 0) is 54.8 Å². The summed E-state index contributed by atoms with van der Waals surface area (Å²) in [5.74, 6) is 1.59. The SMILES string of the molecule is CC[C@@H](C)CC[C@H]1[C@@H](C)[C@H](OC(N)=O)C[C@H]2C(C)(C)CC[C@@H](O)[C@]12C. The number of rotatable bonds is 5. The number of nitrogens with two attached hydrogens (primary N) is 1. The summed E-state index contributed by atoms with van der Waals surface area (Å²) in [4.78, 5) is 11.4. The number of carbonyl (C=O) groups excluding carboxylic acids is 1. The van der Waals surface area contributed by atoms with Crippen molar-refractivity contribution in [1.29, 1.82) is 0 Å². The molecule has 0 unspecified atom stereocenters. The summed E-state index contributed by atoms with van der Waals surface area (Å²) in [6.45, 7) is 13.6. The standard InChI is InChI=1S/C21H39NO3/c1-7-13(2)8-9-15-14(3)16(25-19(22)24)12-17-20(4,5)11-10-18(23)21(15,17)6/h13-18,23H,7-12H2,1-6H3,(H2,22,24)/t13-,14-,15+,16-,17+,18-,21-/m1/s1. The molecule has 0 aromatic carbocycles. The van der Waals surface area contributed by atoms with Gasteiger partial charge in [0.2, 0.25) is 0 Å². The Kier molecular flexibility index (Phi) is 6.13. The van der Waals surface area contributed by atoms with Gasteiger partial charge in [-0.25, -0.2) is 4.79 Å². The smallest absolute Gasteiger partial charge is 0.404 e. The summed E-state index contributed by atoms with van der Waals surface area (Å²) in [5.41, 5.74) is 5.38. The molecule has 0 radical (unpaired) electrons. The van der Waals surface area contributed by atoms with Gasteiger partial charge < -0.3 is 15.6 Å². The quantitative estimate of drug-likeness (QED) is 0.750. The molecule has 4 nitrogen and oxygen atoms in total. The van der Waals surface area contributed by atoms with Crippen LogP contribution in [0.4, 0.5) is 4.79 Å². The summed E-state index contributed by atoms with van der Waals surface area (Å²) < 4.78 is 5.55. The van der Waals surface area contributed by atoms with Crippen molar-refractivity contribution in [3.05, 3.63) is 0 Å². The third-order valence-corrected chi connectivity index (χ3v) is 7.90. The Morgan fingerprint density at radius 3 is 2.56 bits per heavy atom. The van der Waals surface area contributed by atoms with Gasteiger partial charge in [-0.3, -0.25) is 0 Å². The van der Waals surface area contributed by atoms with Gasteiger partial charge >= 0.3 is 6.09 Å². The molecule has 2 aliphatic carbocycles. The van der Waals surface area contributed by atoms with Crippen LogP contribution in [0.3, 0.4) is 0 Å². The maximum atomic E-state index is 11.4. The largest absolute Gasteiger partial charge is 0.446 e. The van der Waals surface area contributed by atoms with Crippen molar-refractivity contribution >= 4 is 6.09 Å². The summed E-state index contributed by atoms with van der Waals surface area (Å²) in [7, 11) is 0. The van der Waals surface area contributed by atoms with E-state index in [0.717, 1.165) is 32.1 Å². The van der Waals surface area contributed by atoms with Crippen LogP contribution in [0.25, 0.3) is 0 Å². The van der Waals surface area contributed by atoms with Crippen molar-refractivity contribution in [3.8, 4) is 0 Å². The Balaban J connectivity index is 2.36. The van der Waals surface area contributed by atoms with Gasteiger partial charge in [0.05, 0.1) is 6.10 Å². The Bertz CT molecular complexity index is 478. The van der Waals surface area contributed by atoms with E-state index in [2.05, 4.69) is 41.5 Å². The molecule has 7 atom stereocenters. The number of primary amides is 1. The molecule has 1 amide bonds. The fourth-order valence-corrected chi connectivity index (χ4v) is 5.97. The van der Waals surface area contributed by atoms with Gasteiger partial charge in [-0.15, -0.1) is 0 Å². The molecule has 0 spiro atoms. The molecule has 2 aliphatic rings. The monoisotopic (exact) mass is 353 g/mol. The zero-order chi connectivity index (χ0) is 19.0. The van der Waals surface area contributed by atoms with E-state index < -0.39 is 6.09 Å². The topological polar surface area (TPSA) is 72.5 Å². The van der Waals surface area contributed by atoms with Crippen molar-refractivity contribution in [2.75, 3.05) is 0 Å². The van der Waals surface area contributed by atoms with Crippen LogP contribution in [0, 0.1) is 34.5 Å². The first-order valence-corrected chi connectivity index (χ1v) is 10.2. The van der Waals surface area contributed by atoms with Crippen LogP contribution in [0.15, 0.2) is 0 Å². The second kappa shape index (κ2) is 7.46. The number of aliphatic hydroxyl groups is 1. The molecule has 25 heavy (non-hydrogen) atoms. The van der Waals surface area contributed by atoms with E-state index in [1.165, 1.54) is 6.42 Å². The molecule has 2 fully saturated rings. The van der Waals surface area contributed by atoms with Gasteiger partial charge in [-0.2, -0.15) is 0 Å². The van der Waals surface area contributed by atoms with E-state index in [1.54, 1.807) is 0 Å². The Labute approximate surface area is 153 Å². The highest BCUT2D eigenvalue weighted by Crippen LogP contribution is 2.62. The van der Waals surface area contributed by atoms with Gasteiger partial charge in [0, 0.05) is 5.41 Å². The van der Waals surface area contributed by atoms with Crippen molar-refractivity contribution in [1.82, 2.24) is 0 Å². The lowest BCUT2D eigenvalue weighted by Crippen LogP contribution is -2.61. The van der Waals surface area contributed by atoms with Crippen LogP contribution >= 0.6 is 0 Å². The maximum Gasteiger partial charge on any atom is 0.404 e. The molecule has 0 aliphatic heterocycles. The number of carbonyl (C=O) groups is 1. The van der Waals surface area contributed by atoms with E-state index >= 15 is 0 Å². The molecule has 146 valence electrons. The van der Waals surface area contributed by atoms with Crippen LogP contribution in [0.2, 0.25) is 0 Å². The predicted octanol–water partition coefficient (Wildman–Crippen LogP) is 4.74. The van der Waals surface area contributed by atoms with Crippen LogP contribution < -0.4 is 5.73 Å². The molecule has 3 N–H and O–H groups in total. The summed E-state index contributed by atoms with van der Waals surface area (Å²) in [6.07, 6.45) is 5.03. The average Bonchev–Trinajstić information content (AvgIpc) is 2.52. The molecule has 2 saturated carbocycles. The highest BCUT2D eigenvalue weighted by Gasteiger charge is 2.60. The van der Waals surface area contributed by atoms with E-state index in [0.29, 0.717) is 17.8 Å². The van der Waals surface area contributed by atoms with Crippen LogP contribution in [0.1, 0.15) is 80.1 Å². The molecular weight excluding hydrogens is 314 g/mol. The predicted molar refractivity (Wildman–Crippen MR) is 101 cm³/mol. The highest BCUT2D eigenvalue weighted by atomic mass is 16.6. The van der Waals surface area contributed by atoms with Gasteiger partial charge in [0.15, 0.2) is 0 Å². The van der Waals surface area contributed by atoms with E-state index in [1.807, 2.05) is 0 Å². The zero-order valence-electron chi connectivity index (χ0n) is 17.0. The van der Waals surface area contributed by atoms with Gasteiger partial charge in [0.25, 0.3) is 0 Å². The lowest BCUT2D eigenvalue weighted by Gasteiger charge is -2.62. The first kappa shape index (κ1) is 20.5. The normalized spacial score (nSPS) is 41.6. The van der Waals surface area contributed by atoms with E-state index in [4.69, 9.17) is 10.5 Å². The molecule has 4 heteroatoms. The first-order valence-electron chi connectivity index (χ1n) is 10.2. The minimum absolute atomic E-state index is 0.119. The van der Waals surface area contributed by atoms with Crippen molar-refractivity contribution in [2.45, 2.75) is 92.3 Å². The Morgan fingerprint density at radius 2 is 2.00 bits per heavy atom. The number of fused-ring (bicyclic) bond motifs is 1. The Hall–Kier alpha value is -0.770. The maximum absolute atomic E-state index is 11.4. The van der Waals surface area contributed by atoms with Crippen LogP contribution in [0.5, 0.6) is 0 Å². The molecule has 0 aromatic heterocycles. The molecular formula is C21H39NO3. The lowest BCUT2D eigenvalue weighted by atomic mass is 9.44. The molecule has 0 saturated heterocycles. The van der Waals surface area contributed by atoms with Gasteiger partial charge in [0.1, 0.15) is 6.10 Å². The lowest BCUT2D eigenvalue weighted by molar-refractivity contribution is -0.193. The van der Waals surface area contributed by atoms with E-state index in [-0.39, 0.29) is 29.0 Å². The molecule has 0 bridgehead atoms. The number of ether oxygens (including phenoxy) is 1. The Morgan fingerprint density at radius 1 is 1.36 bits per heavy atom. The molecule has 0 aromatic rings. The van der Waals surface area contributed by atoms with Crippen molar-refractivity contribution in [2.24, 2.45) is 40.2 Å². The minimum atomic E-state index is -0.671. The second-order valence-corrected chi connectivity index (χ2v) is 9.73. The second-order valence-electron chi connectivity index (χ2n) is 9.73. The summed E-state index contributed by atoms with van der Waals surface area (Å²) in [6, 6.07) is 0. The average molecular weight is 354 g/mol. The van der Waals surface area contributed by atoms with Crippen LogP contribution in [-0.2, 0) is 4.74 Å².